The maximum absolute atomic E-state index is 12.1. The summed E-state index contributed by atoms with van der Waals surface area (Å²) in [4.78, 5) is 12.1. The van der Waals surface area contributed by atoms with Crippen molar-refractivity contribution < 1.29 is 9.53 Å². The molecule has 1 aromatic rings. The summed E-state index contributed by atoms with van der Waals surface area (Å²) >= 11 is 0. The van der Waals surface area contributed by atoms with Crippen molar-refractivity contribution in [1.29, 1.82) is 0 Å². The monoisotopic (exact) mass is 264 g/mol. The van der Waals surface area contributed by atoms with E-state index < -0.39 is 0 Å². The Morgan fingerprint density at radius 1 is 1.37 bits per heavy atom. The molecule has 2 atom stereocenters. The molecule has 0 saturated heterocycles. The van der Waals surface area contributed by atoms with Gasteiger partial charge >= 0.3 is 0 Å². The van der Waals surface area contributed by atoms with E-state index >= 15 is 0 Å². The Kier molecular flexibility index (Phi) is 6.36. The number of ether oxygens (including phenoxy) is 1. The van der Waals surface area contributed by atoms with Crippen molar-refractivity contribution in [1.82, 2.24) is 5.32 Å². The van der Waals surface area contributed by atoms with Gasteiger partial charge in [-0.15, -0.1) is 0 Å². The van der Waals surface area contributed by atoms with Crippen molar-refractivity contribution in [3.8, 4) is 5.75 Å². The number of hydrogen-bond donors (Lipinski definition) is 2. The van der Waals surface area contributed by atoms with Crippen LogP contribution in [-0.2, 0) is 4.79 Å². The highest BCUT2D eigenvalue weighted by molar-refractivity contribution is 5.79. The molecule has 0 aromatic heterocycles. The lowest BCUT2D eigenvalue weighted by Gasteiger charge is -2.19. The van der Waals surface area contributed by atoms with Gasteiger partial charge in [0.25, 0.3) is 0 Å². The minimum absolute atomic E-state index is 0.0238. The lowest BCUT2D eigenvalue weighted by molar-refractivity contribution is -0.125. The van der Waals surface area contributed by atoms with Gasteiger partial charge in [-0.05, 0) is 31.0 Å². The quantitative estimate of drug-likeness (QED) is 0.794. The normalized spacial score (nSPS) is 13.7. The predicted octanol–water partition coefficient (Wildman–Crippen LogP) is 2.25. The van der Waals surface area contributed by atoms with Crippen LogP contribution < -0.4 is 15.8 Å². The van der Waals surface area contributed by atoms with Gasteiger partial charge in [0.1, 0.15) is 5.75 Å². The van der Waals surface area contributed by atoms with Gasteiger partial charge in [0.05, 0.1) is 19.1 Å². The standard InChI is InChI=1S/C15H24N2O2/c1-4-5-13(10-16)15(18)17-11(2)12-6-8-14(19-3)9-7-12/h6-9,11,13H,4-5,10,16H2,1-3H3,(H,17,18)/t11-,13?/m0/s1. The molecule has 19 heavy (non-hydrogen) atoms. The van der Waals surface area contributed by atoms with Crippen LogP contribution in [0.2, 0.25) is 0 Å². The SMILES string of the molecule is CCCC(CN)C(=O)N[C@@H](C)c1ccc(OC)cc1. The maximum Gasteiger partial charge on any atom is 0.224 e. The molecule has 0 bridgehead atoms. The van der Waals surface area contributed by atoms with E-state index in [0.717, 1.165) is 24.2 Å². The molecule has 0 heterocycles. The lowest BCUT2D eigenvalue weighted by Crippen LogP contribution is -2.36. The van der Waals surface area contributed by atoms with Gasteiger partial charge in [-0.1, -0.05) is 25.5 Å². The van der Waals surface area contributed by atoms with Crippen LogP contribution in [-0.4, -0.2) is 19.6 Å². The Balaban J connectivity index is 2.62. The molecule has 0 saturated carbocycles. The van der Waals surface area contributed by atoms with E-state index in [4.69, 9.17) is 10.5 Å². The molecule has 0 aliphatic carbocycles. The van der Waals surface area contributed by atoms with Crippen LogP contribution in [0.3, 0.4) is 0 Å². The van der Waals surface area contributed by atoms with Crippen LogP contribution in [0, 0.1) is 5.92 Å². The summed E-state index contributed by atoms with van der Waals surface area (Å²) in [7, 11) is 1.64. The molecule has 4 heteroatoms. The molecular weight excluding hydrogens is 240 g/mol. The molecule has 1 aromatic carbocycles. The number of nitrogens with one attached hydrogen (secondary N) is 1. The largest absolute Gasteiger partial charge is 0.497 e. The van der Waals surface area contributed by atoms with Crippen molar-refractivity contribution in [2.75, 3.05) is 13.7 Å². The Labute approximate surface area is 115 Å². The van der Waals surface area contributed by atoms with Gasteiger partial charge in [0, 0.05) is 6.54 Å². The highest BCUT2D eigenvalue weighted by atomic mass is 16.5. The molecule has 0 fully saturated rings. The van der Waals surface area contributed by atoms with Crippen molar-refractivity contribution in [2.45, 2.75) is 32.7 Å². The molecule has 1 amide bonds. The molecule has 0 aliphatic heterocycles. The summed E-state index contributed by atoms with van der Waals surface area (Å²) in [6, 6.07) is 7.68. The van der Waals surface area contributed by atoms with Crippen molar-refractivity contribution in [2.24, 2.45) is 11.7 Å². The number of rotatable bonds is 7. The Morgan fingerprint density at radius 2 is 2.00 bits per heavy atom. The topological polar surface area (TPSA) is 64.4 Å². The van der Waals surface area contributed by atoms with Crippen LogP contribution >= 0.6 is 0 Å². The molecule has 106 valence electrons. The fourth-order valence-corrected chi connectivity index (χ4v) is 2.01. The zero-order chi connectivity index (χ0) is 14.3. The van der Waals surface area contributed by atoms with Crippen molar-refractivity contribution >= 4 is 5.91 Å². The third-order valence-electron chi connectivity index (χ3n) is 3.27. The molecule has 4 nitrogen and oxygen atoms in total. The molecule has 1 unspecified atom stereocenters. The number of amides is 1. The molecule has 0 radical (unpaired) electrons. The first kappa shape index (κ1) is 15.5. The average molecular weight is 264 g/mol. The highest BCUT2D eigenvalue weighted by Crippen LogP contribution is 2.18. The van der Waals surface area contributed by atoms with Gasteiger partial charge in [0.2, 0.25) is 5.91 Å². The molecule has 0 aliphatic rings. The van der Waals surface area contributed by atoms with Crippen LogP contribution in [0.15, 0.2) is 24.3 Å². The Bertz CT molecular complexity index is 390. The summed E-state index contributed by atoms with van der Waals surface area (Å²) in [5, 5.41) is 3.01. The van der Waals surface area contributed by atoms with Gasteiger partial charge in [-0.25, -0.2) is 0 Å². The fourth-order valence-electron chi connectivity index (χ4n) is 2.01. The van der Waals surface area contributed by atoms with Gasteiger partial charge < -0.3 is 15.8 Å². The Morgan fingerprint density at radius 3 is 2.47 bits per heavy atom. The van der Waals surface area contributed by atoms with E-state index in [9.17, 15) is 4.79 Å². The molecule has 3 N–H and O–H groups in total. The number of hydrogen-bond acceptors (Lipinski definition) is 3. The van der Waals surface area contributed by atoms with E-state index in [1.165, 1.54) is 0 Å². The van der Waals surface area contributed by atoms with Crippen LogP contribution in [0.4, 0.5) is 0 Å². The second-order valence-corrected chi connectivity index (χ2v) is 4.72. The van der Waals surface area contributed by atoms with Crippen LogP contribution in [0.5, 0.6) is 5.75 Å². The predicted molar refractivity (Wildman–Crippen MR) is 77.0 cm³/mol. The van der Waals surface area contributed by atoms with Gasteiger partial charge in [-0.3, -0.25) is 4.79 Å². The van der Waals surface area contributed by atoms with E-state index in [2.05, 4.69) is 12.2 Å². The first-order chi connectivity index (χ1) is 9.12. The van der Waals surface area contributed by atoms with E-state index in [1.807, 2.05) is 31.2 Å². The smallest absolute Gasteiger partial charge is 0.224 e. The lowest BCUT2D eigenvalue weighted by atomic mass is 10.0. The maximum atomic E-state index is 12.1. The van der Waals surface area contributed by atoms with Gasteiger partial charge in [-0.2, -0.15) is 0 Å². The van der Waals surface area contributed by atoms with E-state index in [1.54, 1.807) is 7.11 Å². The summed E-state index contributed by atoms with van der Waals surface area (Å²) in [5.74, 6) is 0.756. The summed E-state index contributed by atoms with van der Waals surface area (Å²) in [5.41, 5.74) is 6.69. The summed E-state index contributed by atoms with van der Waals surface area (Å²) < 4.78 is 5.11. The molecule has 0 spiro atoms. The third kappa shape index (κ3) is 4.56. The zero-order valence-electron chi connectivity index (χ0n) is 12.0. The fraction of sp³-hybridized carbons (Fsp3) is 0.533. The third-order valence-corrected chi connectivity index (χ3v) is 3.27. The second kappa shape index (κ2) is 7.79. The van der Waals surface area contributed by atoms with Gasteiger partial charge in [0.15, 0.2) is 0 Å². The highest BCUT2D eigenvalue weighted by Gasteiger charge is 2.18. The minimum Gasteiger partial charge on any atom is -0.497 e. The Hall–Kier alpha value is -1.55. The number of carbonyl (C=O) groups excluding carboxylic acids is 1. The zero-order valence-corrected chi connectivity index (χ0v) is 12.0. The summed E-state index contributed by atoms with van der Waals surface area (Å²) in [6.07, 6.45) is 1.80. The van der Waals surface area contributed by atoms with E-state index in [0.29, 0.717) is 6.54 Å². The number of nitrogens with two attached hydrogens (primary N) is 1. The van der Waals surface area contributed by atoms with Crippen molar-refractivity contribution in [3.63, 3.8) is 0 Å². The van der Waals surface area contributed by atoms with Crippen molar-refractivity contribution in [3.05, 3.63) is 29.8 Å². The molecule has 1 rings (SSSR count). The van der Waals surface area contributed by atoms with Crippen LogP contribution in [0.1, 0.15) is 38.3 Å². The first-order valence-corrected chi connectivity index (χ1v) is 6.76. The summed E-state index contributed by atoms with van der Waals surface area (Å²) in [6.45, 7) is 4.43. The number of carbonyl (C=O) groups is 1. The number of benzene rings is 1. The van der Waals surface area contributed by atoms with Crippen LogP contribution in [0.25, 0.3) is 0 Å². The van der Waals surface area contributed by atoms with E-state index in [-0.39, 0.29) is 17.9 Å². The first-order valence-electron chi connectivity index (χ1n) is 6.76. The second-order valence-electron chi connectivity index (χ2n) is 4.72. The average Bonchev–Trinajstić information content (AvgIpc) is 2.44. The molecular formula is C15H24N2O2. The minimum atomic E-state index is -0.0919. The number of methoxy groups -OCH3 is 1.